The predicted molar refractivity (Wildman–Crippen MR) is 109 cm³/mol. The summed E-state index contributed by atoms with van der Waals surface area (Å²) in [5, 5.41) is 7.36. The molecule has 9 heteroatoms. The highest BCUT2D eigenvalue weighted by molar-refractivity contribution is 5.93. The van der Waals surface area contributed by atoms with Crippen molar-refractivity contribution in [2.45, 2.75) is 51.8 Å². The second kappa shape index (κ2) is 13.3. The summed E-state index contributed by atoms with van der Waals surface area (Å²) in [6, 6.07) is 6.93. The van der Waals surface area contributed by atoms with E-state index < -0.39 is 36.5 Å². The van der Waals surface area contributed by atoms with Crippen LogP contribution in [0.1, 0.15) is 38.7 Å². The van der Waals surface area contributed by atoms with Crippen LogP contribution in [-0.2, 0) is 25.7 Å². The number of alkyl carbamates (subject to hydrolysis) is 1. The maximum atomic E-state index is 12.9. The van der Waals surface area contributed by atoms with Gasteiger partial charge in [0.2, 0.25) is 11.8 Å². The second-order valence-electron chi connectivity index (χ2n) is 7.26. The molecular formula is C21H30FN3O5. The van der Waals surface area contributed by atoms with Gasteiger partial charge in [0.1, 0.15) is 19.3 Å². The maximum absolute atomic E-state index is 12.9. The molecule has 1 aromatic carbocycles. The molecule has 0 heterocycles. The first-order valence-corrected chi connectivity index (χ1v) is 9.83. The Morgan fingerprint density at radius 3 is 2.27 bits per heavy atom. The van der Waals surface area contributed by atoms with Gasteiger partial charge in [-0.05, 0) is 24.3 Å². The number of Topliss-reactive ketones (excluding diaryl/α,β-unsaturated/α-hetero) is 1. The smallest absolute Gasteiger partial charge is 0.408 e. The van der Waals surface area contributed by atoms with Crippen molar-refractivity contribution >= 4 is 23.7 Å². The lowest BCUT2D eigenvalue weighted by Crippen LogP contribution is -2.52. The van der Waals surface area contributed by atoms with E-state index in [9.17, 15) is 23.6 Å². The molecule has 0 aliphatic heterocycles. The van der Waals surface area contributed by atoms with Crippen LogP contribution >= 0.6 is 0 Å². The van der Waals surface area contributed by atoms with E-state index in [-0.39, 0.29) is 37.7 Å². The number of carbonyl (C=O) groups excluding carboxylic acids is 4. The lowest BCUT2D eigenvalue weighted by molar-refractivity contribution is -0.130. The Morgan fingerprint density at radius 1 is 1.03 bits per heavy atom. The van der Waals surface area contributed by atoms with Gasteiger partial charge < -0.3 is 20.7 Å². The van der Waals surface area contributed by atoms with Gasteiger partial charge in [-0.3, -0.25) is 14.4 Å². The topological polar surface area (TPSA) is 114 Å². The van der Waals surface area contributed by atoms with Gasteiger partial charge >= 0.3 is 6.09 Å². The molecule has 0 bridgehead atoms. The van der Waals surface area contributed by atoms with Crippen molar-refractivity contribution in [2.24, 2.45) is 5.92 Å². The number of ether oxygens (including phenoxy) is 1. The summed E-state index contributed by atoms with van der Waals surface area (Å²) >= 11 is 0. The molecule has 0 radical (unpaired) electrons. The lowest BCUT2D eigenvalue weighted by atomic mass is 10.0. The molecule has 8 nitrogen and oxygen atoms in total. The monoisotopic (exact) mass is 423 g/mol. The summed E-state index contributed by atoms with van der Waals surface area (Å²) in [6.45, 7) is 2.51. The van der Waals surface area contributed by atoms with Crippen LogP contribution in [0.25, 0.3) is 0 Å². The Kier molecular flexibility index (Phi) is 11.1. The fourth-order valence-corrected chi connectivity index (χ4v) is 2.69. The lowest BCUT2D eigenvalue weighted by Gasteiger charge is -2.23. The summed E-state index contributed by atoms with van der Waals surface area (Å²) in [5.41, 5.74) is 0.792. The minimum atomic E-state index is -1.26. The van der Waals surface area contributed by atoms with Crippen LogP contribution < -0.4 is 16.0 Å². The number of halogens is 1. The molecule has 2 atom stereocenters. The molecule has 0 saturated heterocycles. The number of amides is 3. The van der Waals surface area contributed by atoms with E-state index in [2.05, 4.69) is 16.0 Å². The van der Waals surface area contributed by atoms with Gasteiger partial charge in [0.05, 0.1) is 6.04 Å². The molecule has 0 aliphatic rings. The molecule has 0 saturated carbocycles. The third kappa shape index (κ3) is 9.49. The van der Waals surface area contributed by atoms with Crippen molar-refractivity contribution in [2.75, 3.05) is 13.7 Å². The number of nitrogens with one attached hydrogen (secondary N) is 3. The predicted octanol–water partition coefficient (Wildman–Crippen LogP) is 1.88. The average molecular weight is 423 g/mol. The number of benzene rings is 1. The standard InChI is InChI=1S/C21H30FN3O5/c1-14(2)11-17(25-21(29)30-13-15-7-5-4-6-8-15)20(28)24-16(18(26)12-22)9-10-19(27)23-3/h4-8,14,16-17H,9-13H2,1-3H3,(H,23,27)(H,24,28)(H,25,29)/t16?,17-/m0/s1. The molecule has 3 amide bonds. The Balaban J connectivity index is 2.73. The Hall–Kier alpha value is -2.97. The molecule has 0 aliphatic carbocycles. The minimum Gasteiger partial charge on any atom is -0.445 e. The Morgan fingerprint density at radius 2 is 1.70 bits per heavy atom. The van der Waals surface area contributed by atoms with E-state index >= 15 is 0 Å². The van der Waals surface area contributed by atoms with Gasteiger partial charge in [0, 0.05) is 13.5 Å². The quantitative estimate of drug-likeness (QED) is 0.475. The van der Waals surface area contributed by atoms with Crippen LogP contribution in [0.4, 0.5) is 9.18 Å². The molecule has 0 aromatic heterocycles. The average Bonchev–Trinajstić information content (AvgIpc) is 2.74. The first-order valence-electron chi connectivity index (χ1n) is 9.83. The summed E-state index contributed by atoms with van der Waals surface area (Å²) in [6.07, 6.45) is -0.577. The van der Waals surface area contributed by atoms with E-state index in [0.717, 1.165) is 5.56 Å². The first kappa shape index (κ1) is 25.1. The third-order valence-electron chi connectivity index (χ3n) is 4.30. The SMILES string of the molecule is CNC(=O)CCC(NC(=O)[C@H](CC(C)C)NC(=O)OCc1ccccc1)C(=O)CF. The maximum Gasteiger partial charge on any atom is 0.408 e. The normalized spacial score (nSPS) is 12.6. The molecule has 166 valence electrons. The molecule has 1 unspecified atom stereocenters. The molecular weight excluding hydrogens is 393 g/mol. The molecule has 0 spiro atoms. The van der Waals surface area contributed by atoms with Crippen molar-refractivity contribution in [1.29, 1.82) is 0 Å². The molecule has 1 rings (SSSR count). The molecule has 3 N–H and O–H groups in total. The highest BCUT2D eigenvalue weighted by Crippen LogP contribution is 2.08. The zero-order valence-electron chi connectivity index (χ0n) is 17.6. The van der Waals surface area contributed by atoms with Crippen LogP contribution in [0.5, 0.6) is 0 Å². The summed E-state index contributed by atoms with van der Waals surface area (Å²) < 4.78 is 18.0. The highest BCUT2D eigenvalue weighted by atomic mass is 19.1. The number of hydrogen-bond acceptors (Lipinski definition) is 5. The highest BCUT2D eigenvalue weighted by Gasteiger charge is 2.28. The Labute approximate surface area is 175 Å². The number of rotatable bonds is 12. The van der Waals surface area contributed by atoms with Gasteiger partial charge in [0.15, 0.2) is 5.78 Å². The van der Waals surface area contributed by atoms with Crippen molar-refractivity contribution in [3.8, 4) is 0 Å². The number of carbonyl (C=O) groups is 4. The van der Waals surface area contributed by atoms with Crippen LogP contribution in [0, 0.1) is 5.92 Å². The van der Waals surface area contributed by atoms with Crippen molar-refractivity contribution in [3.05, 3.63) is 35.9 Å². The van der Waals surface area contributed by atoms with E-state index in [1.807, 2.05) is 32.0 Å². The Bertz CT molecular complexity index is 712. The van der Waals surface area contributed by atoms with Crippen LogP contribution in [0.2, 0.25) is 0 Å². The van der Waals surface area contributed by atoms with Crippen molar-refractivity contribution in [1.82, 2.24) is 16.0 Å². The first-order chi connectivity index (χ1) is 14.3. The van der Waals surface area contributed by atoms with E-state index in [1.165, 1.54) is 7.05 Å². The molecule has 1 aromatic rings. The third-order valence-corrected chi connectivity index (χ3v) is 4.30. The van der Waals surface area contributed by atoms with Gasteiger partial charge in [-0.25, -0.2) is 9.18 Å². The van der Waals surface area contributed by atoms with Crippen molar-refractivity contribution in [3.63, 3.8) is 0 Å². The summed E-state index contributed by atoms with van der Waals surface area (Å²) in [4.78, 5) is 48.1. The van der Waals surface area contributed by atoms with Gasteiger partial charge in [-0.2, -0.15) is 0 Å². The molecule has 0 fully saturated rings. The van der Waals surface area contributed by atoms with Crippen LogP contribution in [0.3, 0.4) is 0 Å². The second-order valence-corrected chi connectivity index (χ2v) is 7.26. The summed E-state index contributed by atoms with van der Waals surface area (Å²) in [5.74, 6) is -1.75. The largest absolute Gasteiger partial charge is 0.445 e. The van der Waals surface area contributed by atoms with Gasteiger partial charge in [0.25, 0.3) is 0 Å². The summed E-state index contributed by atoms with van der Waals surface area (Å²) in [7, 11) is 1.44. The number of hydrogen-bond donors (Lipinski definition) is 3. The minimum absolute atomic E-state index is 0.0395. The van der Waals surface area contributed by atoms with Gasteiger partial charge in [-0.15, -0.1) is 0 Å². The zero-order valence-corrected chi connectivity index (χ0v) is 17.6. The molecule has 30 heavy (non-hydrogen) atoms. The van der Waals surface area contributed by atoms with Gasteiger partial charge in [-0.1, -0.05) is 44.2 Å². The van der Waals surface area contributed by atoms with E-state index in [1.54, 1.807) is 12.1 Å². The number of alkyl halides is 1. The number of ketones is 1. The fraction of sp³-hybridized carbons (Fsp3) is 0.524. The van der Waals surface area contributed by atoms with E-state index in [0.29, 0.717) is 0 Å². The van der Waals surface area contributed by atoms with Crippen LogP contribution in [-0.4, -0.2) is 49.5 Å². The zero-order chi connectivity index (χ0) is 22.5. The fourth-order valence-electron chi connectivity index (χ4n) is 2.69. The van der Waals surface area contributed by atoms with Crippen molar-refractivity contribution < 1.29 is 28.3 Å². The van der Waals surface area contributed by atoms with Crippen LogP contribution in [0.15, 0.2) is 30.3 Å². The van der Waals surface area contributed by atoms with E-state index in [4.69, 9.17) is 4.74 Å².